The Kier molecular flexibility index (Phi) is 3.74. The number of ether oxygens (including phenoxy) is 1. The zero-order valence-electron chi connectivity index (χ0n) is 9.47. The van der Waals surface area contributed by atoms with E-state index in [2.05, 4.69) is 32.8 Å². The molecule has 0 aromatic carbocycles. The molecule has 1 aliphatic carbocycles. The topological polar surface area (TPSA) is 12.5 Å². The highest BCUT2D eigenvalue weighted by atomic mass is 16.5. The molecule has 0 aromatic rings. The normalized spacial score (nSPS) is 21.7. The van der Waals surface area contributed by atoms with E-state index < -0.39 is 0 Å². The van der Waals surface area contributed by atoms with Crippen LogP contribution in [-0.2, 0) is 4.74 Å². The van der Waals surface area contributed by atoms with Crippen LogP contribution in [0.25, 0.3) is 0 Å². The van der Waals surface area contributed by atoms with E-state index in [1.165, 1.54) is 25.7 Å². The van der Waals surface area contributed by atoms with Gasteiger partial charge in [-0.2, -0.15) is 0 Å². The van der Waals surface area contributed by atoms with E-state index >= 15 is 0 Å². The molecule has 0 aliphatic heterocycles. The van der Waals surface area contributed by atoms with Gasteiger partial charge in [0.1, 0.15) is 0 Å². The molecule has 1 fully saturated rings. The van der Waals surface area contributed by atoms with Crippen LogP contribution in [0.1, 0.15) is 39.5 Å². The standard InChI is InChI=1S/C11H23NO/c1-10(2)13-11(9-12(3)4)7-5-6-8-11/h10H,5-9H2,1-4H3. The molecule has 2 nitrogen and oxygen atoms in total. The van der Waals surface area contributed by atoms with Crippen LogP contribution in [0.2, 0.25) is 0 Å². The third kappa shape index (κ3) is 3.28. The van der Waals surface area contributed by atoms with Gasteiger partial charge in [0.25, 0.3) is 0 Å². The first kappa shape index (κ1) is 11.0. The molecular weight excluding hydrogens is 162 g/mol. The largest absolute Gasteiger partial charge is 0.371 e. The fourth-order valence-electron chi connectivity index (χ4n) is 2.41. The van der Waals surface area contributed by atoms with Gasteiger partial charge in [-0.25, -0.2) is 0 Å². The quantitative estimate of drug-likeness (QED) is 0.666. The van der Waals surface area contributed by atoms with Crippen LogP contribution in [-0.4, -0.2) is 37.2 Å². The van der Waals surface area contributed by atoms with Crippen molar-refractivity contribution in [1.29, 1.82) is 0 Å². The highest BCUT2D eigenvalue weighted by molar-refractivity contribution is 4.89. The van der Waals surface area contributed by atoms with Crippen molar-refractivity contribution in [2.45, 2.75) is 51.2 Å². The molecule has 0 radical (unpaired) electrons. The molecule has 0 saturated heterocycles. The van der Waals surface area contributed by atoms with Gasteiger partial charge in [-0.1, -0.05) is 12.8 Å². The summed E-state index contributed by atoms with van der Waals surface area (Å²) in [4.78, 5) is 2.24. The van der Waals surface area contributed by atoms with Crippen molar-refractivity contribution in [3.05, 3.63) is 0 Å². The van der Waals surface area contributed by atoms with Gasteiger partial charge in [-0.15, -0.1) is 0 Å². The van der Waals surface area contributed by atoms with E-state index in [1.807, 2.05) is 0 Å². The van der Waals surface area contributed by atoms with Gasteiger partial charge in [-0.3, -0.25) is 0 Å². The van der Waals surface area contributed by atoms with Crippen LogP contribution >= 0.6 is 0 Å². The first-order valence-corrected chi connectivity index (χ1v) is 5.37. The van der Waals surface area contributed by atoms with Crippen molar-refractivity contribution < 1.29 is 4.74 Å². The Morgan fingerprint density at radius 1 is 1.23 bits per heavy atom. The molecule has 0 aromatic heterocycles. The Labute approximate surface area is 82.3 Å². The van der Waals surface area contributed by atoms with Gasteiger partial charge in [0, 0.05) is 6.54 Å². The van der Waals surface area contributed by atoms with Crippen LogP contribution < -0.4 is 0 Å². The second-order valence-corrected chi connectivity index (χ2v) is 4.79. The number of nitrogens with zero attached hydrogens (tertiary/aromatic N) is 1. The lowest BCUT2D eigenvalue weighted by molar-refractivity contribution is -0.0868. The summed E-state index contributed by atoms with van der Waals surface area (Å²) < 4.78 is 6.07. The van der Waals surface area contributed by atoms with Gasteiger partial charge in [0.05, 0.1) is 11.7 Å². The van der Waals surface area contributed by atoms with Crippen LogP contribution in [0.4, 0.5) is 0 Å². The Morgan fingerprint density at radius 2 is 1.77 bits per heavy atom. The van der Waals surface area contributed by atoms with Crippen molar-refractivity contribution in [2.75, 3.05) is 20.6 Å². The maximum atomic E-state index is 6.07. The van der Waals surface area contributed by atoms with E-state index in [0.29, 0.717) is 6.10 Å². The minimum atomic E-state index is 0.164. The van der Waals surface area contributed by atoms with Crippen molar-refractivity contribution in [1.82, 2.24) is 4.90 Å². The lowest BCUT2D eigenvalue weighted by atomic mass is 10.0. The fraction of sp³-hybridized carbons (Fsp3) is 1.00. The molecule has 2 heteroatoms. The summed E-state index contributed by atoms with van der Waals surface area (Å²) >= 11 is 0. The molecule has 13 heavy (non-hydrogen) atoms. The lowest BCUT2D eigenvalue weighted by Crippen LogP contribution is -2.41. The summed E-state index contributed by atoms with van der Waals surface area (Å²) in [6, 6.07) is 0. The summed E-state index contributed by atoms with van der Waals surface area (Å²) in [6.45, 7) is 5.34. The highest BCUT2D eigenvalue weighted by Crippen LogP contribution is 2.34. The van der Waals surface area contributed by atoms with Gasteiger partial charge >= 0.3 is 0 Å². The maximum absolute atomic E-state index is 6.07. The molecule has 0 N–H and O–H groups in total. The molecular formula is C11H23NO. The van der Waals surface area contributed by atoms with Crippen molar-refractivity contribution >= 4 is 0 Å². The van der Waals surface area contributed by atoms with E-state index in [1.54, 1.807) is 0 Å². The number of rotatable bonds is 4. The van der Waals surface area contributed by atoms with Crippen LogP contribution in [0.3, 0.4) is 0 Å². The van der Waals surface area contributed by atoms with Crippen LogP contribution in [0.5, 0.6) is 0 Å². The van der Waals surface area contributed by atoms with Crippen molar-refractivity contribution in [3.63, 3.8) is 0 Å². The van der Waals surface area contributed by atoms with E-state index in [-0.39, 0.29) is 5.60 Å². The maximum Gasteiger partial charge on any atom is 0.0812 e. The minimum absolute atomic E-state index is 0.164. The summed E-state index contributed by atoms with van der Waals surface area (Å²) in [5, 5.41) is 0. The zero-order valence-corrected chi connectivity index (χ0v) is 9.47. The number of hydrogen-bond acceptors (Lipinski definition) is 2. The summed E-state index contributed by atoms with van der Waals surface area (Å²) in [6.07, 6.45) is 5.51. The van der Waals surface area contributed by atoms with Crippen molar-refractivity contribution in [3.8, 4) is 0 Å². The molecule has 1 aliphatic rings. The molecule has 1 saturated carbocycles. The monoisotopic (exact) mass is 185 g/mol. The fourth-order valence-corrected chi connectivity index (χ4v) is 2.41. The molecule has 1 rings (SSSR count). The predicted molar refractivity (Wildman–Crippen MR) is 56.0 cm³/mol. The van der Waals surface area contributed by atoms with Crippen LogP contribution in [0.15, 0.2) is 0 Å². The van der Waals surface area contributed by atoms with E-state index in [9.17, 15) is 0 Å². The first-order chi connectivity index (χ1) is 6.04. The third-order valence-electron chi connectivity index (χ3n) is 2.60. The van der Waals surface area contributed by atoms with E-state index in [4.69, 9.17) is 4.74 Å². The molecule has 0 amide bonds. The van der Waals surface area contributed by atoms with Gasteiger partial charge in [-0.05, 0) is 40.8 Å². The number of hydrogen-bond donors (Lipinski definition) is 0. The zero-order chi connectivity index (χ0) is 9.90. The van der Waals surface area contributed by atoms with Crippen molar-refractivity contribution in [2.24, 2.45) is 0 Å². The first-order valence-electron chi connectivity index (χ1n) is 5.37. The lowest BCUT2D eigenvalue weighted by Gasteiger charge is -2.34. The third-order valence-corrected chi connectivity index (χ3v) is 2.60. The summed E-state index contributed by atoms with van der Waals surface area (Å²) in [5.74, 6) is 0. The predicted octanol–water partition coefficient (Wildman–Crippen LogP) is 2.29. The highest BCUT2D eigenvalue weighted by Gasteiger charge is 2.35. The Balaban J connectivity index is 2.52. The van der Waals surface area contributed by atoms with Gasteiger partial charge in [0.15, 0.2) is 0 Å². The Bertz CT molecular complexity index is 136. The minimum Gasteiger partial charge on any atom is -0.371 e. The van der Waals surface area contributed by atoms with Crippen LogP contribution in [0, 0.1) is 0 Å². The van der Waals surface area contributed by atoms with Gasteiger partial charge in [0.2, 0.25) is 0 Å². The molecule has 0 unspecified atom stereocenters. The SMILES string of the molecule is CC(C)OC1(CN(C)C)CCCC1. The summed E-state index contributed by atoms with van der Waals surface area (Å²) in [7, 11) is 4.26. The molecule has 0 spiro atoms. The number of likely N-dealkylation sites (N-methyl/N-ethyl adjacent to an activating group) is 1. The molecule has 0 heterocycles. The Morgan fingerprint density at radius 3 is 2.15 bits per heavy atom. The average molecular weight is 185 g/mol. The second kappa shape index (κ2) is 4.43. The molecule has 0 atom stereocenters. The average Bonchev–Trinajstić information content (AvgIpc) is 2.33. The Hall–Kier alpha value is -0.0800. The van der Waals surface area contributed by atoms with E-state index in [0.717, 1.165) is 6.54 Å². The van der Waals surface area contributed by atoms with Gasteiger partial charge < -0.3 is 9.64 Å². The summed E-state index contributed by atoms with van der Waals surface area (Å²) in [5.41, 5.74) is 0.164. The second-order valence-electron chi connectivity index (χ2n) is 4.79. The smallest absolute Gasteiger partial charge is 0.0812 e. The molecule has 0 bridgehead atoms. The molecule has 78 valence electrons.